The molecule has 0 N–H and O–H groups in total. The molecule has 1 aliphatic carbocycles. The van der Waals surface area contributed by atoms with E-state index in [1.54, 1.807) is 0 Å². The highest BCUT2D eigenvalue weighted by atomic mass is 32.2. The Hall–Kier alpha value is -1.11. The van der Waals surface area contributed by atoms with Crippen molar-refractivity contribution in [1.29, 1.82) is 0 Å². The Morgan fingerprint density at radius 3 is 2.61 bits per heavy atom. The lowest BCUT2D eigenvalue weighted by molar-refractivity contribution is 0.402. The normalized spacial score (nSPS) is 17.2. The van der Waals surface area contributed by atoms with Crippen molar-refractivity contribution in [2.75, 3.05) is 6.61 Å². The molecule has 18 heavy (non-hydrogen) atoms. The lowest BCUT2D eigenvalue weighted by Gasteiger charge is -2.00. The molecule has 1 saturated carbocycles. The van der Waals surface area contributed by atoms with Gasteiger partial charge in [0.15, 0.2) is 11.1 Å². The molecule has 0 heterocycles. The predicted molar refractivity (Wildman–Crippen MR) is 73.3 cm³/mol. The summed E-state index contributed by atoms with van der Waals surface area (Å²) in [5.41, 5.74) is 1.15. The number of rotatable bonds is 3. The predicted octanol–water partition coefficient (Wildman–Crippen LogP) is 3.23. The minimum absolute atomic E-state index is 0.247. The third kappa shape index (κ3) is 3.97. The molecule has 96 valence electrons. The van der Waals surface area contributed by atoms with Crippen LogP contribution in [-0.2, 0) is 15.3 Å². The molecule has 0 aliphatic heterocycles. The van der Waals surface area contributed by atoms with Crippen molar-refractivity contribution >= 4 is 11.1 Å². The van der Waals surface area contributed by atoms with Gasteiger partial charge in [0, 0.05) is 5.92 Å². The van der Waals surface area contributed by atoms with Crippen molar-refractivity contribution < 1.29 is 8.39 Å². The molecule has 0 unspecified atom stereocenters. The lowest BCUT2D eigenvalue weighted by atomic mass is 10.1. The van der Waals surface area contributed by atoms with Gasteiger partial charge in [-0.15, -0.1) is 0 Å². The van der Waals surface area contributed by atoms with E-state index in [1.807, 2.05) is 31.2 Å². The fraction of sp³-hybridized carbons (Fsp3) is 0.467. The first-order valence-electron chi connectivity index (χ1n) is 6.36. The molecular formula is C15H18O2S. The maximum atomic E-state index is 11.8. The second-order valence-corrected chi connectivity index (χ2v) is 5.79. The van der Waals surface area contributed by atoms with Gasteiger partial charge in [-0.3, -0.25) is 4.18 Å². The summed E-state index contributed by atoms with van der Waals surface area (Å²) in [4.78, 5) is 0.697. The van der Waals surface area contributed by atoms with Gasteiger partial charge in [-0.1, -0.05) is 42.4 Å². The molecule has 0 spiro atoms. The smallest absolute Gasteiger partial charge is 0.190 e. The fourth-order valence-corrected chi connectivity index (χ4v) is 2.72. The van der Waals surface area contributed by atoms with Crippen molar-refractivity contribution in [3.8, 4) is 11.8 Å². The van der Waals surface area contributed by atoms with Crippen LogP contribution in [0.4, 0.5) is 0 Å². The van der Waals surface area contributed by atoms with Crippen LogP contribution in [0.2, 0.25) is 0 Å². The highest BCUT2D eigenvalue weighted by molar-refractivity contribution is 7.80. The lowest BCUT2D eigenvalue weighted by Crippen LogP contribution is -1.99. The van der Waals surface area contributed by atoms with E-state index in [0.29, 0.717) is 10.8 Å². The Morgan fingerprint density at radius 1 is 1.28 bits per heavy atom. The van der Waals surface area contributed by atoms with Crippen LogP contribution in [0, 0.1) is 24.7 Å². The van der Waals surface area contributed by atoms with Crippen LogP contribution in [0.1, 0.15) is 31.2 Å². The highest BCUT2D eigenvalue weighted by Gasteiger charge is 2.11. The molecule has 1 aromatic rings. The van der Waals surface area contributed by atoms with E-state index in [-0.39, 0.29) is 6.61 Å². The van der Waals surface area contributed by atoms with Gasteiger partial charge >= 0.3 is 0 Å². The van der Waals surface area contributed by atoms with Crippen molar-refractivity contribution in [3.05, 3.63) is 29.8 Å². The van der Waals surface area contributed by atoms with Gasteiger partial charge in [-0.2, -0.15) is 0 Å². The highest BCUT2D eigenvalue weighted by Crippen LogP contribution is 2.23. The Balaban J connectivity index is 1.79. The molecule has 1 aliphatic rings. The Bertz CT molecular complexity index is 462. The first-order valence-corrected chi connectivity index (χ1v) is 7.43. The summed E-state index contributed by atoms with van der Waals surface area (Å²) in [5, 5.41) is 0. The zero-order valence-corrected chi connectivity index (χ0v) is 11.5. The Kier molecular flexibility index (Phi) is 4.98. The summed E-state index contributed by atoms with van der Waals surface area (Å²) < 4.78 is 17.0. The zero-order valence-electron chi connectivity index (χ0n) is 10.6. The summed E-state index contributed by atoms with van der Waals surface area (Å²) in [6.45, 7) is 2.25. The second-order valence-electron chi connectivity index (χ2n) is 4.61. The van der Waals surface area contributed by atoms with Crippen molar-refractivity contribution in [1.82, 2.24) is 0 Å². The first-order chi connectivity index (χ1) is 8.75. The average molecular weight is 262 g/mol. The minimum Gasteiger partial charge on any atom is -0.274 e. The van der Waals surface area contributed by atoms with Crippen molar-refractivity contribution in [2.24, 2.45) is 5.92 Å². The van der Waals surface area contributed by atoms with E-state index in [0.717, 1.165) is 5.56 Å². The second kappa shape index (κ2) is 6.72. The van der Waals surface area contributed by atoms with Gasteiger partial charge in [0.2, 0.25) is 0 Å². The van der Waals surface area contributed by atoms with E-state index in [9.17, 15) is 4.21 Å². The maximum absolute atomic E-state index is 11.8. The third-order valence-corrected chi connectivity index (χ3v) is 4.10. The SMILES string of the molecule is Cc1ccc([S@@](=O)OCC#CC2CCCC2)cc1. The molecule has 1 aromatic carbocycles. The van der Waals surface area contributed by atoms with Crippen molar-refractivity contribution in [3.63, 3.8) is 0 Å². The van der Waals surface area contributed by atoms with Gasteiger partial charge < -0.3 is 0 Å². The third-order valence-electron chi connectivity index (χ3n) is 3.11. The summed E-state index contributed by atoms with van der Waals surface area (Å²) in [6.07, 6.45) is 4.98. The van der Waals surface area contributed by atoms with Crippen LogP contribution < -0.4 is 0 Å². The zero-order chi connectivity index (χ0) is 12.8. The standard InChI is InChI=1S/C15H18O2S/c1-13-8-10-15(11-9-13)18(16)17-12-4-7-14-5-2-3-6-14/h8-11,14H,2-3,5-6,12H2,1H3/t18-/m0/s1. The molecule has 0 saturated heterocycles. The van der Waals surface area contributed by atoms with Gasteiger partial charge in [-0.05, 0) is 31.9 Å². The van der Waals surface area contributed by atoms with E-state index < -0.39 is 11.1 Å². The monoisotopic (exact) mass is 262 g/mol. The summed E-state index contributed by atoms with van der Waals surface area (Å²) in [6, 6.07) is 7.52. The van der Waals surface area contributed by atoms with E-state index in [2.05, 4.69) is 11.8 Å². The first kappa shape index (κ1) is 13.3. The maximum Gasteiger partial charge on any atom is 0.190 e. The Labute approximate surface area is 111 Å². The summed E-state index contributed by atoms with van der Waals surface area (Å²) >= 11 is -1.40. The number of hydrogen-bond donors (Lipinski definition) is 0. The number of benzene rings is 1. The summed E-state index contributed by atoms with van der Waals surface area (Å²) in [7, 11) is 0. The molecule has 0 aromatic heterocycles. The average Bonchev–Trinajstić information content (AvgIpc) is 2.88. The molecule has 0 bridgehead atoms. The van der Waals surface area contributed by atoms with Crippen LogP contribution in [0.3, 0.4) is 0 Å². The van der Waals surface area contributed by atoms with Crippen LogP contribution in [0.5, 0.6) is 0 Å². The van der Waals surface area contributed by atoms with Crippen LogP contribution in [-0.4, -0.2) is 10.8 Å². The van der Waals surface area contributed by atoms with E-state index in [1.165, 1.54) is 25.7 Å². The van der Waals surface area contributed by atoms with Gasteiger partial charge in [-0.25, -0.2) is 4.21 Å². The molecule has 2 nitrogen and oxygen atoms in total. The van der Waals surface area contributed by atoms with Gasteiger partial charge in [0.1, 0.15) is 6.61 Å². The topological polar surface area (TPSA) is 26.3 Å². The minimum atomic E-state index is -1.40. The molecule has 1 atom stereocenters. The summed E-state index contributed by atoms with van der Waals surface area (Å²) in [5.74, 6) is 6.69. The Morgan fingerprint density at radius 2 is 1.94 bits per heavy atom. The molecular weight excluding hydrogens is 244 g/mol. The number of hydrogen-bond acceptors (Lipinski definition) is 2. The van der Waals surface area contributed by atoms with Crippen LogP contribution in [0.25, 0.3) is 0 Å². The molecule has 3 heteroatoms. The van der Waals surface area contributed by atoms with Crippen LogP contribution in [0.15, 0.2) is 29.2 Å². The van der Waals surface area contributed by atoms with Crippen molar-refractivity contribution in [2.45, 2.75) is 37.5 Å². The van der Waals surface area contributed by atoms with E-state index in [4.69, 9.17) is 4.18 Å². The van der Waals surface area contributed by atoms with Gasteiger partial charge in [0.05, 0.1) is 4.90 Å². The van der Waals surface area contributed by atoms with Crippen LogP contribution >= 0.6 is 0 Å². The molecule has 1 fully saturated rings. The number of aryl methyl sites for hydroxylation is 1. The van der Waals surface area contributed by atoms with E-state index >= 15 is 0 Å². The molecule has 0 amide bonds. The molecule has 0 radical (unpaired) electrons. The quantitative estimate of drug-likeness (QED) is 0.782. The van der Waals surface area contributed by atoms with Gasteiger partial charge in [0.25, 0.3) is 0 Å². The molecule has 2 rings (SSSR count). The fourth-order valence-electron chi connectivity index (χ4n) is 2.06. The largest absolute Gasteiger partial charge is 0.274 e.